The number of hydrogen-bond acceptors (Lipinski definition) is 3. The summed E-state index contributed by atoms with van der Waals surface area (Å²) in [6, 6.07) is 5.47. The number of halogens is 2. The minimum atomic E-state index is 0.556. The Bertz CT molecular complexity index is 443. The van der Waals surface area contributed by atoms with Gasteiger partial charge >= 0.3 is 0 Å². The first kappa shape index (κ1) is 10.7. The molecule has 2 rings (SSSR count). The highest BCUT2D eigenvalue weighted by molar-refractivity contribution is 7.09. The molecule has 0 saturated carbocycles. The Balaban J connectivity index is 2.02. The molecule has 2 aromatic rings. The Morgan fingerprint density at radius 3 is 2.80 bits per heavy atom. The van der Waals surface area contributed by atoms with Crippen molar-refractivity contribution in [2.45, 2.75) is 6.54 Å². The topological polar surface area (TPSA) is 24.9 Å². The zero-order chi connectivity index (χ0) is 10.7. The van der Waals surface area contributed by atoms with Gasteiger partial charge in [-0.15, -0.1) is 11.3 Å². The van der Waals surface area contributed by atoms with Crippen molar-refractivity contribution in [3.8, 4) is 0 Å². The fraction of sp³-hybridized carbons (Fsp3) is 0.100. The lowest BCUT2D eigenvalue weighted by molar-refractivity contribution is 1.10. The number of nitrogens with zero attached hydrogens (tertiary/aromatic N) is 1. The Kier molecular flexibility index (Phi) is 3.46. The molecule has 0 aliphatic carbocycles. The highest BCUT2D eigenvalue weighted by Crippen LogP contribution is 2.25. The minimum Gasteiger partial charge on any atom is -0.378 e. The third-order valence-electron chi connectivity index (χ3n) is 1.85. The summed E-state index contributed by atoms with van der Waals surface area (Å²) in [5.41, 5.74) is 0.944. The van der Waals surface area contributed by atoms with Crippen molar-refractivity contribution in [1.29, 1.82) is 0 Å². The van der Waals surface area contributed by atoms with E-state index in [1.54, 1.807) is 29.7 Å². The number of hydrogen-bond donors (Lipinski definition) is 1. The second-order valence-electron chi connectivity index (χ2n) is 2.91. The van der Waals surface area contributed by atoms with Gasteiger partial charge in [0.05, 0.1) is 16.6 Å². The van der Waals surface area contributed by atoms with Crippen LogP contribution in [-0.2, 0) is 6.54 Å². The summed E-state index contributed by atoms with van der Waals surface area (Å²) in [7, 11) is 0. The van der Waals surface area contributed by atoms with Crippen molar-refractivity contribution in [2.75, 3.05) is 5.32 Å². The van der Waals surface area contributed by atoms with Crippen LogP contribution in [0.25, 0.3) is 0 Å². The van der Waals surface area contributed by atoms with Gasteiger partial charge in [0, 0.05) is 17.3 Å². The molecule has 5 heteroatoms. The minimum absolute atomic E-state index is 0.556. The fourth-order valence-electron chi connectivity index (χ4n) is 1.12. The third-order valence-corrected chi connectivity index (χ3v) is 3.37. The molecule has 0 aliphatic heterocycles. The van der Waals surface area contributed by atoms with Crippen LogP contribution in [0.4, 0.5) is 5.69 Å². The molecule has 0 saturated heterocycles. The van der Waals surface area contributed by atoms with E-state index < -0.39 is 0 Å². The van der Waals surface area contributed by atoms with E-state index in [-0.39, 0.29) is 0 Å². The molecule has 0 aliphatic rings. The van der Waals surface area contributed by atoms with E-state index in [0.717, 1.165) is 10.7 Å². The van der Waals surface area contributed by atoms with Crippen molar-refractivity contribution in [2.24, 2.45) is 0 Å². The van der Waals surface area contributed by atoms with Crippen molar-refractivity contribution in [3.05, 3.63) is 44.8 Å². The molecule has 0 radical (unpaired) electrons. The Morgan fingerprint density at radius 2 is 2.13 bits per heavy atom. The number of anilines is 1. The third kappa shape index (κ3) is 2.84. The summed E-state index contributed by atoms with van der Waals surface area (Å²) < 4.78 is 0. The van der Waals surface area contributed by atoms with Crippen LogP contribution in [-0.4, -0.2) is 4.98 Å². The van der Waals surface area contributed by atoms with Crippen molar-refractivity contribution < 1.29 is 0 Å². The average molecular weight is 259 g/mol. The van der Waals surface area contributed by atoms with Gasteiger partial charge in [-0.05, 0) is 18.2 Å². The van der Waals surface area contributed by atoms with Crippen molar-refractivity contribution in [1.82, 2.24) is 4.98 Å². The van der Waals surface area contributed by atoms with Crippen molar-refractivity contribution in [3.63, 3.8) is 0 Å². The van der Waals surface area contributed by atoms with E-state index in [9.17, 15) is 0 Å². The maximum absolute atomic E-state index is 5.89. The summed E-state index contributed by atoms with van der Waals surface area (Å²) in [4.78, 5) is 4.17. The molecule has 1 heterocycles. The molecule has 0 fully saturated rings. The summed E-state index contributed by atoms with van der Waals surface area (Å²) in [5, 5.41) is 7.34. The Morgan fingerprint density at radius 1 is 1.27 bits per heavy atom. The standard InChI is InChI=1S/C10H8Cl2N2S/c11-8-2-1-7(5-9(8)12)14-6-10-13-3-4-15-10/h1-5,14H,6H2. The molecular weight excluding hydrogens is 251 g/mol. The lowest BCUT2D eigenvalue weighted by atomic mass is 10.3. The van der Waals surface area contributed by atoms with Gasteiger partial charge in [0.1, 0.15) is 5.01 Å². The largest absolute Gasteiger partial charge is 0.378 e. The molecule has 0 unspecified atom stereocenters. The predicted molar refractivity (Wildman–Crippen MR) is 65.9 cm³/mol. The molecule has 0 bridgehead atoms. The van der Waals surface area contributed by atoms with Gasteiger partial charge in [0.2, 0.25) is 0 Å². The van der Waals surface area contributed by atoms with Gasteiger partial charge in [0.25, 0.3) is 0 Å². The van der Waals surface area contributed by atoms with Gasteiger partial charge in [-0.25, -0.2) is 4.98 Å². The smallest absolute Gasteiger partial charge is 0.112 e. The van der Waals surface area contributed by atoms with Crippen LogP contribution >= 0.6 is 34.5 Å². The van der Waals surface area contributed by atoms with E-state index >= 15 is 0 Å². The first-order valence-corrected chi connectivity index (χ1v) is 5.96. The van der Waals surface area contributed by atoms with Crippen LogP contribution in [0.1, 0.15) is 5.01 Å². The van der Waals surface area contributed by atoms with Crippen LogP contribution in [0.15, 0.2) is 29.8 Å². The van der Waals surface area contributed by atoms with Gasteiger partial charge in [0.15, 0.2) is 0 Å². The molecule has 0 atom stereocenters. The predicted octanol–water partition coefficient (Wildman–Crippen LogP) is 4.06. The lowest BCUT2D eigenvalue weighted by Crippen LogP contribution is -1.98. The SMILES string of the molecule is Clc1ccc(NCc2nccs2)cc1Cl. The maximum atomic E-state index is 5.89. The normalized spacial score (nSPS) is 10.3. The van der Waals surface area contributed by atoms with E-state index in [2.05, 4.69) is 10.3 Å². The summed E-state index contributed by atoms with van der Waals surface area (Å²) in [5.74, 6) is 0. The number of thiazole rings is 1. The van der Waals surface area contributed by atoms with Crippen LogP contribution in [0.3, 0.4) is 0 Å². The van der Waals surface area contributed by atoms with E-state index in [0.29, 0.717) is 16.6 Å². The lowest BCUT2D eigenvalue weighted by Gasteiger charge is -2.05. The summed E-state index contributed by atoms with van der Waals surface area (Å²) in [6.07, 6.45) is 1.79. The van der Waals surface area contributed by atoms with E-state index in [1.165, 1.54) is 0 Å². The van der Waals surface area contributed by atoms with Crippen molar-refractivity contribution >= 4 is 40.2 Å². The zero-order valence-corrected chi connectivity index (χ0v) is 10.0. The molecule has 0 amide bonds. The van der Waals surface area contributed by atoms with E-state index in [1.807, 2.05) is 11.4 Å². The molecule has 0 spiro atoms. The van der Waals surface area contributed by atoms with Gasteiger partial charge in [-0.1, -0.05) is 23.2 Å². The average Bonchev–Trinajstić information content (AvgIpc) is 2.73. The zero-order valence-electron chi connectivity index (χ0n) is 7.71. The monoisotopic (exact) mass is 258 g/mol. The summed E-state index contributed by atoms with van der Waals surface area (Å²) >= 11 is 13.3. The highest BCUT2D eigenvalue weighted by atomic mass is 35.5. The second kappa shape index (κ2) is 4.84. The molecule has 1 aromatic heterocycles. The van der Waals surface area contributed by atoms with Crippen LogP contribution in [0, 0.1) is 0 Å². The number of nitrogens with one attached hydrogen (secondary N) is 1. The molecule has 78 valence electrons. The first-order valence-electron chi connectivity index (χ1n) is 4.33. The van der Waals surface area contributed by atoms with Gasteiger partial charge in [-0.2, -0.15) is 0 Å². The van der Waals surface area contributed by atoms with E-state index in [4.69, 9.17) is 23.2 Å². The Labute approximate surface area is 102 Å². The fourth-order valence-corrected chi connectivity index (χ4v) is 1.98. The second-order valence-corrected chi connectivity index (χ2v) is 4.70. The molecule has 2 nitrogen and oxygen atoms in total. The number of aromatic nitrogens is 1. The molecule has 1 N–H and O–H groups in total. The highest BCUT2D eigenvalue weighted by Gasteiger charge is 2.00. The van der Waals surface area contributed by atoms with Crippen LogP contribution in [0.2, 0.25) is 10.0 Å². The number of benzene rings is 1. The molecule has 15 heavy (non-hydrogen) atoms. The van der Waals surface area contributed by atoms with Gasteiger partial charge in [-0.3, -0.25) is 0 Å². The van der Waals surface area contributed by atoms with Crippen LogP contribution in [0.5, 0.6) is 0 Å². The maximum Gasteiger partial charge on any atom is 0.112 e. The molecule has 1 aromatic carbocycles. The Hall–Kier alpha value is -0.770. The summed E-state index contributed by atoms with van der Waals surface area (Å²) in [6.45, 7) is 0.704. The quantitative estimate of drug-likeness (QED) is 0.898. The first-order chi connectivity index (χ1) is 7.25. The molecular formula is C10H8Cl2N2S. The van der Waals surface area contributed by atoms with Crippen LogP contribution < -0.4 is 5.32 Å². The van der Waals surface area contributed by atoms with Gasteiger partial charge < -0.3 is 5.32 Å². The number of rotatable bonds is 3.